The van der Waals surface area contributed by atoms with Gasteiger partial charge in [0, 0.05) is 4.88 Å². The zero-order valence-electron chi connectivity index (χ0n) is 9.33. The van der Waals surface area contributed by atoms with Gasteiger partial charge in [-0.05, 0) is 32.9 Å². The molecule has 0 aromatic carbocycles. The first-order valence-corrected chi connectivity index (χ1v) is 5.65. The highest BCUT2D eigenvalue weighted by molar-refractivity contribution is 7.12. The fourth-order valence-corrected chi connectivity index (χ4v) is 1.73. The van der Waals surface area contributed by atoms with Crippen LogP contribution in [0.2, 0.25) is 0 Å². The van der Waals surface area contributed by atoms with Crippen LogP contribution in [0.25, 0.3) is 0 Å². The minimum absolute atomic E-state index is 0.0915. The van der Waals surface area contributed by atoms with E-state index in [1.165, 1.54) is 0 Å². The number of aliphatic hydroxyl groups excluding tert-OH is 1. The summed E-state index contributed by atoms with van der Waals surface area (Å²) in [6.45, 7) is 6.63. The average molecular weight is 224 g/mol. The average Bonchev–Trinajstić information content (AvgIpc) is 2.58. The Kier molecular flexibility index (Phi) is 4.34. The van der Waals surface area contributed by atoms with Crippen molar-refractivity contribution < 1.29 is 9.84 Å². The van der Waals surface area contributed by atoms with Gasteiger partial charge in [0.15, 0.2) is 0 Å². The molecule has 0 amide bonds. The maximum absolute atomic E-state index is 8.55. The van der Waals surface area contributed by atoms with E-state index in [0.29, 0.717) is 6.61 Å². The largest absolute Gasteiger partial charge is 0.384 e. The minimum Gasteiger partial charge on any atom is -0.384 e. The van der Waals surface area contributed by atoms with Crippen LogP contribution in [0, 0.1) is 11.8 Å². The molecule has 0 unspecified atom stereocenters. The molecule has 0 aliphatic carbocycles. The molecule has 0 saturated heterocycles. The molecule has 1 aromatic heterocycles. The van der Waals surface area contributed by atoms with Gasteiger partial charge in [-0.1, -0.05) is 11.8 Å². The molecule has 2 nitrogen and oxygen atoms in total. The van der Waals surface area contributed by atoms with E-state index in [-0.39, 0.29) is 12.2 Å². The Morgan fingerprint density at radius 3 is 2.73 bits per heavy atom. The number of thiophene rings is 1. The van der Waals surface area contributed by atoms with E-state index in [1.54, 1.807) is 11.3 Å². The van der Waals surface area contributed by atoms with Gasteiger partial charge in [0.1, 0.15) is 6.61 Å². The first-order chi connectivity index (χ1) is 7.01. The molecular weight excluding hydrogens is 208 g/mol. The van der Waals surface area contributed by atoms with E-state index in [0.717, 1.165) is 9.75 Å². The molecule has 0 bridgehead atoms. The molecule has 15 heavy (non-hydrogen) atoms. The Morgan fingerprint density at radius 2 is 2.13 bits per heavy atom. The van der Waals surface area contributed by atoms with Gasteiger partial charge < -0.3 is 9.84 Å². The van der Waals surface area contributed by atoms with Crippen molar-refractivity contribution in [3.05, 3.63) is 21.9 Å². The number of aliphatic hydroxyl groups is 1. The Labute approximate surface area is 94.9 Å². The Morgan fingerprint density at radius 1 is 1.40 bits per heavy atom. The summed E-state index contributed by atoms with van der Waals surface area (Å²) in [6.07, 6.45) is 0. The van der Waals surface area contributed by atoms with Crippen LogP contribution in [0.15, 0.2) is 12.1 Å². The molecule has 0 fully saturated rings. The quantitative estimate of drug-likeness (QED) is 0.782. The lowest BCUT2D eigenvalue weighted by Gasteiger charge is -2.18. The lowest BCUT2D eigenvalue weighted by molar-refractivity contribution is -0.0136. The van der Waals surface area contributed by atoms with Crippen molar-refractivity contribution in [3.8, 4) is 11.8 Å². The summed E-state index contributed by atoms with van der Waals surface area (Å²) < 4.78 is 5.65. The molecule has 0 atom stereocenters. The van der Waals surface area contributed by atoms with Gasteiger partial charge in [-0.15, -0.1) is 11.3 Å². The van der Waals surface area contributed by atoms with Crippen LogP contribution in [0.1, 0.15) is 30.5 Å². The highest BCUT2D eigenvalue weighted by atomic mass is 32.1. The van der Waals surface area contributed by atoms with Crippen molar-refractivity contribution in [1.29, 1.82) is 0 Å². The molecule has 0 spiro atoms. The third-order valence-corrected chi connectivity index (χ3v) is 2.57. The topological polar surface area (TPSA) is 29.5 Å². The van der Waals surface area contributed by atoms with E-state index in [9.17, 15) is 0 Å². The fourth-order valence-electron chi connectivity index (χ4n) is 0.937. The van der Waals surface area contributed by atoms with Crippen LogP contribution in [-0.4, -0.2) is 17.3 Å². The van der Waals surface area contributed by atoms with Crippen molar-refractivity contribution in [1.82, 2.24) is 0 Å². The molecule has 0 aliphatic heterocycles. The van der Waals surface area contributed by atoms with Crippen LogP contribution in [-0.2, 0) is 11.3 Å². The van der Waals surface area contributed by atoms with Gasteiger partial charge >= 0.3 is 0 Å². The van der Waals surface area contributed by atoms with E-state index in [4.69, 9.17) is 9.84 Å². The van der Waals surface area contributed by atoms with Crippen LogP contribution in [0.4, 0.5) is 0 Å². The summed E-state index contributed by atoms with van der Waals surface area (Å²) >= 11 is 1.60. The number of rotatable bonds is 2. The molecule has 1 rings (SSSR count). The zero-order valence-corrected chi connectivity index (χ0v) is 10.1. The van der Waals surface area contributed by atoms with Crippen molar-refractivity contribution in [2.75, 3.05) is 6.61 Å². The van der Waals surface area contributed by atoms with E-state index >= 15 is 0 Å². The first-order valence-electron chi connectivity index (χ1n) is 4.84. The molecule has 1 N–H and O–H groups in total. The molecular formula is C12H16O2S. The minimum atomic E-state index is -0.110. The summed E-state index contributed by atoms with van der Waals surface area (Å²) in [5.74, 6) is 5.50. The number of hydrogen-bond acceptors (Lipinski definition) is 3. The van der Waals surface area contributed by atoms with Crippen molar-refractivity contribution in [3.63, 3.8) is 0 Å². The first kappa shape index (κ1) is 12.3. The maximum atomic E-state index is 8.55. The summed E-state index contributed by atoms with van der Waals surface area (Å²) in [4.78, 5) is 2.13. The summed E-state index contributed by atoms with van der Waals surface area (Å²) in [6, 6.07) is 3.96. The van der Waals surface area contributed by atoms with Crippen molar-refractivity contribution in [2.24, 2.45) is 0 Å². The molecule has 0 radical (unpaired) electrons. The fraction of sp³-hybridized carbons (Fsp3) is 0.500. The highest BCUT2D eigenvalue weighted by Crippen LogP contribution is 2.19. The predicted octanol–water partition coefficient (Wildman–Crippen LogP) is 2.41. The van der Waals surface area contributed by atoms with Crippen LogP contribution >= 0.6 is 11.3 Å². The van der Waals surface area contributed by atoms with Crippen LogP contribution in [0.3, 0.4) is 0 Å². The van der Waals surface area contributed by atoms with Crippen molar-refractivity contribution in [2.45, 2.75) is 33.0 Å². The van der Waals surface area contributed by atoms with Gasteiger partial charge in [-0.2, -0.15) is 0 Å². The van der Waals surface area contributed by atoms with Crippen LogP contribution < -0.4 is 0 Å². The lowest BCUT2D eigenvalue weighted by Crippen LogP contribution is -2.18. The van der Waals surface area contributed by atoms with Gasteiger partial charge in [0.2, 0.25) is 0 Å². The van der Waals surface area contributed by atoms with E-state index < -0.39 is 0 Å². The lowest BCUT2D eigenvalue weighted by atomic mass is 10.2. The van der Waals surface area contributed by atoms with Gasteiger partial charge in [-0.3, -0.25) is 0 Å². The van der Waals surface area contributed by atoms with Crippen LogP contribution in [0.5, 0.6) is 0 Å². The third-order valence-electron chi connectivity index (χ3n) is 1.60. The molecule has 0 aliphatic rings. The van der Waals surface area contributed by atoms with Gasteiger partial charge in [0.25, 0.3) is 0 Å². The molecule has 1 heterocycles. The molecule has 0 saturated carbocycles. The molecule has 1 aromatic rings. The SMILES string of the molecule is CC(C)(C)OCc1ccc(C#CCO)s1. The van der Waals surface area contributed by atoms with E-state index in [2.05, 4.69) is 11.8 Å². The second-order valence-electron chi connectivity index (χ2n) is 4.13. The molecule has 3 heteroatoms. The monoisotopic (exact) mass is 224 g/mol. The Balaban J connectivity index is 2.53. The summed E-state index contributed by atoms with van der Waals surface area (Å²) in [7, 11) is 0. The smallest absolute Gasteiger partial charge is 0.104 e. The van der Waals surface area contributed by atoms with Gasteiger partial charge in [0.05, 0.1) is 17.1 Å². The summed E-state index contributed by atoms with van der Waals surface area (Å²) in [5.41, 5.74) is -0.110. The maximum Gasteiger partial charge on any atom is 0.104 e. The Hall–Kier alpha value is -0.820. The number of ether oxygens (including phenoxy) is 1. The van der Waals surface area contributed by atoms with E-state index in [1.807, 2.05) is 32.9 Å². The third kappa shape index (κ3) is 4.98. The number of hydrogen-bond donors (Lipinski definition) is 1. The second kappa shape index (κ2) is 5.32. The zero-order chi connectivity index (χ0) is 11.3. The second-order valence-corrected chi connectivity index (χ2v) is 5.30. The Bertz CT molecular complexity index is 363. The van der Waals surface area contributed by atoms with Gasteiger partial charge in [-0.25, -0.2) is 0 Å². The summed E-state index contributed by atoms with van der Waals surface area (Å²) in [5, 5.41) is 8.55. The normalized spacial score (nSPS) is 10.9. The van der Waals surface area contributed by atoms with Crippen molar-refractivity contribution >= 4 is 11.3 Å². The standard InChI is InChI=1S/C12H16O2S/c1-12(2,3)14-9-11-7-6-10(15-11)5-4-8-13/h6-7,13H,8-9H2,1-3H3. The molecule has 82 valence electrons. The highest BCUT2D eigenvalue weighted by Gasteiger charge is 2.10. The predicted molar refractivity (Wildman–Crippen MR) is 62.8 cm³/mol.